The van der Waals surface area contributed by atoms with Crippen LogP contribution in [0.1, 0.15) is 42.3 Å². The summed E-state index contributed by atoms with van der Waals surface area (Å²) in [5.41, 5.74) is 3.62. The average molecular weight is 301 g/mol. The molecule has 0 aromatic carbocycles. The van der Waals surface area contributed by atoms with Gasteiger partial charge >= 0.3 is 0 Å². The van der Waals surface area contributed by atoms with Gasteiger partial charge in [-0.05, 0) is 38.9 Å². The number of hydrogen-bond acceptors (Lipinski definition) is 3. The first-order chi connectivity index (χ1) is 9.15. The molecule has 3 nitrogen and oxygen atoms in total. The maximum atomic E-state index is 6.09. The van der Waals surface area contributed by atoms with Crippen LogP contribution in [0.25, 0.3) is 0 Å². The number of nitrogens with zero attached hydrogens (tertiary/aromatic N) is 2. The van der Waals surface area contributed by atoms with E-state index in [0.29, 0.717) is 11.9 Å². The molecule has 0 saturated carbocycles. The predicted molar refractivity (Wildman–Crippen MR) is 80.2 cm³/mol. The van der Waals surface area contributed by atoms with Crippen molar-refractivity contribution in [2.45, 2.75) is 50.6 Å². The molecule has 2 aliphatic heterocycles. The number of rotatable bonds is 2. The van der Waals surface area contributed by atoms with Gasteiger partial charge in [0.1, 0.15) is 0 Å². The number of aryl methyl sites for hydroxylation is 1. The fraction of sp³-hybridized carbons (Fsp3) is 0.786. The normalized spacial score (nSPS) is 31.2. The fourth-order valence-electron chi connectivity index (χ4n) is 3.32. The molecule has 2 fully saturated rings. The first-order valence-corrected chi connectivity index (χ1v) is 8.66. The van der Waals surface area contributed by atoms with Crippen molar-refractivity contribution in [3.05, 3.63) is 17.0 Å². The van der Waals surface area contributed by atoms with Crippen molar-refractivity contribution in [3.8, 4) is 0 Å². The summed E-state index contributed by atoms with van der Waals surface area (Å²) in [5.74, 6) is 2.93. The Morgan fingerprint density at radius 2 is 2.37 bits per heavy atom. The number of alkyl halides is 1. The van der Waals surface area contributed by atoms with Gasteiger partial charge in [-0.1, -0.05) is 0 Å². The van der Waals surface area contributed by atoms with Crippen LogP contribution in [0.15, 0.2) is 0 Å². The van der Waals surface area contributed by atoms with Crippen LogP contribution >= 0.6 is 23.4 Å². The van der Waals surface area contributed by atoms with Gasteiger partial charge in [-0.2, -0.15) is 16.9 Å². The molecule has 3 rings (SSSR count). The maximum absolute atomic E-state index is 6.09. The molecule has 2 unspecified atom stereocenters. The quantitative estimate of drug-likeness (QED) is 0.783. The molecule has 1 aromatic rings. The summed E-state index contributed by atoms with van der Waals surface area (Å²) < 4.78 is 8.30. The lowest BCUT2D eigenvalue weighted by molar-refractivity contribution is -0.0781. The zero-order valence-corrected chi connectivity index (χ0v) is 13.2. The highest BCUT2D eigenvalue weighted by molar-refractivity contribution is 7.99. The minimum absolute atomic E-state index is 0.112. The van der Waals surface area contributed by atoms with Crippen molar-refractivity contribution in [3.63, 3.8) is 0 Å². The SMILES string of the molecule is Cc1nn(C2CCOC3(CCSC3)C2)c(C)c1CCl. The number of ether oxygens (including phenoxy) is 1. The predicted octanol–water partition coefficient (Wildman–Crippen LogP) is 3.47. The van der Waals surface area contributed by atoms with Crippen LogP contribution in [0.4, 0.5) is 0 Å². The summed E-state index contributed by atoms with van der Waals surface area (Å²) in [6.45, 7) is 5.06. The smallest absolute Gasteiger partial charge is 0.0800 e. The van der Waals surface area contributed by atoms with E-state index in [-0.39, 0.29) is 5.60 Å². The summed E-state index contributed by atoms with van der Waals surface area (Å²) in [5, 5.41) is 4.73. The Morgan fingerprint density at radius 1 is 1.53 bits per heavy atom. The molecule has 3 heterocycles. The van der Waals surface area contributed by atoms with Crippen molar-refractivity contribution in [1.82, 2.24) is 9.78 Å². The largest absolute Gasteiger partial charge is 0.374 e. The summed E-state index contributed by atoms with van der Waals surface area (Å²) in [7, 11) is 0. The van der Waals surface area contributed by atoms with Crippen LogP contribution < -0.4 is 0 Å². The van der Waals surface area contributed by atoms with E-state index < -0.39 is 0 Å². The summed E-state index contributed by atoms with van der Waals surface area (Å²) in [6, 6.07) is 0.475. The zero-order chi connectivity index (χ0) is 13.5. The van der Waals surface area contributed by atoms with Gasteiger partial charge in [0.2, 0.25) is 0 Å². The Hall–Kier alpha value is -0.190. The molecule has 106 valence electrons. The molecule has 1 aromatic heterocycles. The Morgan fingerprint density at radius 3 is 3.00 bits per heavy atom. The Kier molecular flexibility index (Phi) is 3.84. The Bertz CT molecular complexity index is 468. The van der Waals surface area contributed by atoms with Gasteiger partial charge in [0, 0.05) is 23.6 Å². The lowest BCUT2D eigenvalue weighted by atomic mass is 9.90. The van der Waals surface area contributed by atoms with Crippen molar-refractivity contribution < 1.29 is 4.74 Å². The van der Waals surface area contributed by atoms with Gasteiger partial charge in [0.25, 0.3) is 0 Å². The topological polar surface area (TPSA) is 27.1 Å². The van der Waals surface area contributed by atoms with E-state index in [1.807, 2.05) is 11.8 Å². The van der Waals surface area contributed by atoms with Crippen molar-refractivity contribution in [1.29, 1.82) is 0 Å². The molecule has 2 atom stereocenters. The number of hydrogen-bond donors (Lipinski definition) is 0. The molecule has 2 aliphatic rings. The van der Waals surface area contributed by atoms with Gasteiger partial charge < -0.3 is 4.74 Å². The molecule has 1 spiro atoms. The fourth-order valence-corrected chi connectivity index (χ4v) is 5.08. The van der Waals surface area contributed by atoms with E-state index in [9.17, 15) is 0 Å². The average Bonchev–Trinajstić information content (AvgIpc) is 2.95. The highest BCUT2D eigenvalue weighted by atomic mass is 35.5. The van der Waals surface area contributed by atoms with Crippen LogP contribution in [0.3, 0.4) is 0 Å². The molecule has 2 saturated heterocycles. The monoisotopic (exact) mass is 300 g/mol. The van der Waals surface area contributed by atoms with Crippen molar-refractivity contribution >= 4 is 23.4 Å². The molecule has 0 aliphatic carbocycles. The van der Waals surface area contributed by atoms with Crippen LogP contribution in [-0.2, 0) is 10.6 Å². The third kappa shape index (κ3) is 2.43. The molecular weight excluding hydrogens is 280 g/mol. The zero-order valence-electron chi connectivity index (χ0n) is 11.6. The maximum Gasteiger partial charge on any atom is 0.0800 e. The van der Waals surface area contributed by atoms with Gasteiger partial charge in [0.15, 0.2) is 0 Å². The minimum Gasteiger partial charge on any atom is -0.374 e. The van der Waals surface area contributed by atoms with E-state index in [4.69, 9.17) is 21.4 Å². The van der Waals surface area contributed by atoms with E-state index >= 15 is 0 Å². The Balaban J connectivity index is 1.85. The summed E-state index contributed by atoms with van der Waals surface area (Å²) >= 11 is 8.05. The molecule has 0 N–H and O–H groups in total. The second-order valence-corrected chi connectivity index (χ2v) is 7.08. The van der Waals surface area contributed by atoms with Gasteiger partial charge in [0.05, 0.1) is 23.2 Å². The third-order valence-corrected chi connectivity index (χ3v) is 5.98. The molecule has 19 heavy (non-hydrogen) atoms. The third-order valence-electron chi connectivity index (χ3n) is 4.49. The van der Waals surface area contributed by atoms with Crippen LogP contribution in [0, 0.1) is 13.8 Å². The van der Waals surface area contributed by atoms with E-state index in [1.165, 1.54) is 23.4 Å². The molecule has 0 radical (unpaired) electrons. The molecule has 5 heteroatoms. The molecule has 0 amide bonds. The van der Waals surface area contributed by atoms with Crippen molar-refractivity contribution in [2.24, 2.45) is 0 Å². The summed E-state index contributed by atoms with van der Waals surface area (Å²) in [6.07, 6.45) is 3.36. The lowest BCUT2D eigenvalue weighted by Crippen LogP contribution is -2.41. The lowest BCUT2D eigenvalue weighted by Gasteiger charge is -2.38. The van der Waals surface area contributed by atoms with E-state index in [2.05, 4.69) is 18.5 Å². The number of halogens is 1. The highest BCUT2D eigenvalue weighted by Crippen LogP contribution is 2.42. The molecule has 0 bridgehead atoms. The number of aromatic nitrogens is 2. The van der Waals surface area contributed by atoms with E-state index in [0.717, 1.165) is 30.9 Å². The van der Waals surface area contributed by atoms with Crippen LogP contribution in [-0.4, -0.2) is 33.5 Å². The highest BCUT2D eigenvalue weighted by Gasteiger charge is 2.41. The van der Waals surface area contributed by atoms with Crippen LogP contribution in [0.5, 0.6) is 0 Å². The first kappa shape index (κ1) is 13.8. The number of thioether (sulfide) groups is 1. The van der Waals surface area contributed by atoms with Gasteiger partial charge in [-0.15, -0.1) is 11.6 Å². The standard InChI is InChI=1S/C14H21ClN2OS/c1-10-13(8-15)11(2)17(16-10)12-3-5-18-14(7-12)4-6-19-9-14/h12H,3-9H2,1-2H3. The minimum atomic E-state index is 0.112. The van der Waals surface area contributed by atoms with Gasteiger partial charge in [-0.25, -0.2) is 0 Å². The second-order valence-electron chi connectivity index (χ2n) is 5.71. The molecular formula is C14H21ClN2OS. The summed E-state index contributed by atoms with van der Waals surface area (Å²) in [4.78, 5) is 0. The second kappa shape index (κ2) is 5.30. The van der Waals surface area contributed by atoms with Crippen molar-refractivity contribution in [2.75, 3.05) is 18.1 Å². The van der Waals surface area contributed by atoms with Crippen LogP contribution in [0.2, 0.25) is 0 Å². The first-order valence-electron chi connectivity index (χ1n) is 6.97. The Labute approximate surface area is 124 Å². The van der Waals surface area contributed by atoms with Gasteiger partial charge in [-0.3, -0.25) is 4.68 Å². The van der Waals surface area contributed by atoms with E-state index in [1.54, 1.807) is 0 Å².